The molecule has 11 heteroatoms. The Balaban J connectivity index is 1.14. The van der Waals surface area contributed by atoms with Crippen molar-refractivity contribution in [1.29, 1.82) is 0 Å². The Bertz CT molecular complexity index is 1340. The Morgan fingerprint density at radius 1 is 1.13 bits per heavy atom. The molecular formula is C28H32F2N6O2S. The maximum absolute atomic E-state index is 14.7. The first-order chi connectivity index (χ1) is 18.9. The van der Waals surface area contributed by atoms with Crippen LogP contribution in [0.3, 0.4) is 0 Å². The number of halogens is 2. The summed E-state index contributed by atoms with van der Waals surface area (Å²) in [6, 6.07) is 11.5. The summed E-state index contributed by atoms with van der Waals surface area (Å²) in [6.45, 7) is 4.26. The van der Waals surface area contributed by atoms with E-state index in [1.165, 1.54) is 34.3 Å². The van der Waals surface area contributed by atoms with Crippen LogP contribution in [-0.4, -0.2) is 62.0 Å². The van der Waals surface area contributed by atoms with Crippen molar-refractivity contribution in [2.45, 2.75) is 44.4 Å². The number of piperidine rings is 1. The van der Waals surface area contributed by atoms with E-state index in [4.69, 9.17) is 4.74 Å². The van der Waals surface area contributed by atoms with Gasteiger partial charge in [-0.05, 0) is 50.1 Å². The number of aromatic nitrogens is 4. The highest BCUT2D eigenvalue weighted by Gasteiger charge is 2.36. The molecule has 1 aliphatic rings. The Labute approximate surface area is 230 Å². The summed E-state index contributed by atoms with van der Waals surface area (Å²) in [6.07, 6.45) is 5.40. The van der Waals surface area contributed by atoms with Gasteiger partial charge in [-0.3, -0.25) is 4.90 Å². The third-order valence-corrected chi connectivity index (χ3v) is 8.06. The normalized spacial score (nSPS) is 16.2. The maximum Gasteiger partial charge on any atom is 0.137 e. The lowest BCUT2D eigenvalue weighted by Crippen LogP contribution is -2.48. The van der Waals surface area contributed by atoms with E-state index in [-0.39, 0.29) is 24.7 Å². The lowest BCUT2D eigenvalue weighted by atomic mass is 9.91. The van der Waals surface area contributed by atoms with Crippen LogP contribution in [0.5, 0.6) is 5.75 Å². The minimum Gasteiger partial charge on any atom is -0.493 e. The molecule has 2 N–H and O–H groups in total. The first kappa shape index (κ1) is 27.2. The summed E-state index contributed by atoms with van der Waals surface area (Å²) in [4.78, 5) is 11.6. The molecule has 5 rings (SSSR count). The van der Waals surface area contributed by atoms with Gasteiger partial charge >= 0.3 is 0 Å². The van der Waals surface area contributed by atoms with Crippen LogP contribution in [0.2, 0.25) is 0 Å². The molecule has 1 aliphatic heterocycles. The molecule has 4 aromatic rings. The monoisotopic (exact) mass is 554 g/mol. The van der Waals surface area contributed by atoms with E-state index in [1.807, 2.05) is 36.7 Å². The smallest absolute Gasteiger partial charge is 0.137 e. The highest BCUT2D eigenvalue weighted by molar-refractivity contribution is 7.09. The molecule has 0 spiro atoms. The number of hydrogen-bond acceptors (Lipinski definition) is 8. The van der Waals surface area contributed by atoms with Crippen LogP contribution in [0.25, 0.3) is 0 Å². The van der Waals surface area contributed by atoms with Gasteiger partial charge in [-0.15, -0.1) is 11.3 Å². The summed E-state index contributed by atoms with van der Waals surface area (Å²) >= 11 is 1.65. The molecule has 0 radical (unpaired) electrons. The fraction of sp³-hybridized carbons (Fsp3) is 0.393. The van der Waals surface area contributed by atoms with Crippen molar-refractivity contribution >= 4 is 17.0 Å². The molecule has 39 heavy (non-hydrogen) atoms. The third-order valence-electron chi connectivity index (χ3n) is 7.06. The molecule has 0 amide bonds. The van der Waals surface area contributed by atoms with Crippen LogP contribution < -0.4 is 10.1 Å². The molecule has 1 saturated heterocycles. The molecule has 0 saturated carbocycles. The molecule has 0 bridgehead atoms. The van der Waals surface area contributed by atoms with Gasteiger partial charge in [0.2, 0.25) is 0 Å². The average Bonchev–Trinajstić information content (AvgIpc) is 3.57. The predicted molar refractivity (Wildman–Crippen MR) is 146 cm³/mol. The van der Waals surface area contributed by atoms with E-state index in [9.17, 15) is 13.9 Å². The molecule has 1 unspecified atom stereocenters. The van der Waals surface area contributed by atoms with E-state index in [0.29, 0.717) is 6.61 Å². The average molecular weight is 555 g/mol. The first-order valence-electron chi connectivity index (χ1n) is 13.0. The number of anilines is 1. The summed E-state index contributed by atoms with van der Waals surface area (Å²) < 4.78 is 35.6. The zero-order chi connectivity index (χ0) is 27.2. The number of ether oxygens (including phenoxy) is 1. The summed E-state index contributed by atoms with van der Waals surface area (Å²) in [7, 11) is 0. The third kappa shape index (κ3) is 6.97. The van der Waals surface area contributed by atoms with Crippen molar-refractivity contribution < 1.29 is 18.6 Å². The largest absolute Gasteiger partial charge is 0.493 e. The Morgan fingerprint density at radius 3 is 2.59 bits per heavy atom. The minimum atomic E-state index is -1.60. The lowest BCUT2D eigenvalue weighted by Gasteiger charge is -2.38. The van der Waals surface area contributed by atoms with Crippen LogP contribution in [0.4, 0.5) is 14.5 Å². The van der Waals surface area contributed by atoms with Gasteiger partial charge in [0.25, 0.3) is 0 Å². The number of aryl methyl sites for hydroxylation is 1. The van der Waals surface area contributed by atoms with Crippen molar-refractivity contribution in [2.24, 2.45) is 0 Å². The highest BCUT2D eigenvalue weighted by atomic mass is 32.1. The van der Waals surface area contributed by atoms with Gasteiger partial charge in [0, 0.05) is 54.3 Å². The Kier molecular flexibility index (Phi) is 8.49. The number of thiazole rings is 1. The molecule has 3 heterocycles. The van der Waals surface area contributed by atoms with E-state index in [1.54, 1.807) is 11.3 Å². The van der Waals surface area contributed by atoms with Gasteiger partial charge in [0.15, 0.2) is 0 Å². The van der Waals surface area contributed by atoms with Gasteiger partial charge < -0.3 is 15.2 Å². The Morgan fingerprint density at radius 2 is 1.92 bits per heavy atom. The number of benzene rings is 2. The van der Waals surface area contributed by atoms with Crippen molar-refractivity contribution in [3.63, 3.8) is 0 Å². The second-order valence-electron chi connectivity index (χ2n) is 9.93. The Hall–Kier alpha value is -3.41. The first-order valence-corrected chi connectivity index (χ1v) is 13.9. The molecule has 206 valence electrons. The SMILES string of the molecule is Cc1ncsc1CCOc1ccc(NC2CCN(CC(O)(Cn3cncn3)c3ccc(F)cc3F)CC2)cc1. The maximum atomic E-state index is 14.7. The molecular weight excluding hydrogens is 522 g/mol. The van der Waals surface area contributed by atoms with E-state index < -0.39 is 17.2 Å². The van der Waals surface area contributed by atoms with Crippen LogP contribution in [0.1, 0.15) is 29.0 Å². The minimum absolute atomic E-state index is 0.00593. The quantitative estimate of drug-likeness (QED) is 0.284. The van der Waals surface area contributed by atoms with Crippen LogP contribution in [-0.2, 0) is 18.6 Å². The van der Waals surface area contributed by atoms with E-state index in [0.717, 1.165) is 55.5 Å². The van der Waals surface area contributed by atoms with Gasteiger partial charge in [0.05, 0.1) is 24.4 Å². The van der Waals surface area contributed by atoms with Crippen molar-refractivity contribution in [2.75, 3.05) is 31.6 Å². The number of likely N-dealkylation sites (tertiary alicyclic amines) is 1. The van der Waals surface area contributed by atoms with Crippen LogP contribution in [0.15, 0.2) is 60.6 Å². The number of β-amino-alcohol motifs (C(OH)–C–C–N with tert-alkyl or cyclic N) is 1. The predicted octanol–water partition coefficient (Wildman–Crippen LogP) is 4.41. The summed E-state index contributed by atoms with van der Waals surface area (Å²) in [5.41, 5.74) is 2.40. The molecule has 1 atom stereocenters. The van der Waals surface area contributed by atoms with E-state index in [2.05, 4.69) is 25.3 Å². The zero-order valence-corrected chi connectivity index (χ0v) is 22.6. The van der Waals surface area contributed by atoms with Gasteiger partial charge in [-0.2, -0.15) is 5.10 Å². The van der Waals surface area contributed by atoms with Gasteiger partial charge in [-0.1, -0.05) is 6.07 Å². The number of rotatable bonds is 11. The fourth-order valence-corrected chi connectivity index (χ4v) is 5.75. The van der Waals surface area contributed by atoms with Crippen LogP contribution in [0, 0.1) is 18.6 Å². The molecule has 2 aromatic heterocycles. The second-order valence-corrected chi connectivity index (χ2v) is 10.9. The number of aliphatic hydroxyl groups is 1. The van der Waals surface area contributed by atoms with Crippen molar-refractivity contribution in [3.05, 3.63) is 88.4 Å². The lowest BCUT2D eigenvalue weighted by molar-refractivity contribution is -0.0260. The molecule has 0 aliphatic carbocycles. The van der Waals surface area contributed by atoms with Crippen molar-refractivity contribution in [3.8, 4) is 5.75 Å². The zero-order valence-electron chi connectivity index (χ0n) is 21.8. The summed E-state index contributed by atoms with van der Waals surface area (Å²) in [5.74, 6) is -0.630. The molecule has 2 aromatic carbocycles. The number of nitrogens with one attached hydrogen (secondary N) is 1. The van der Waals surface area contributed by atoms with Crippen LogP contribution >= 0.6 is 11.3 Å². The topological polar surface area (TPSA) is 88.3 Å². The van der Waals surface area contributed by atoms with E-state index >= 15 is 0 Å². The standard InChI is InChI=1S/C28H32F2N6O2S/c1-20-27(39-19-32-20)10-13-38-24-5-3-22(4-6-24)34-23-8-11-35(12-9-23)15-28(37,16-36-18-31-17-33-36)25-7-2-21(29)14-26(25)30/h2-7,14,17-19,23,34,37H,8-13,15-16H2,1H3. The molecule has 1 fully saturated rings. The molecule has 8 nitrogen and oxygen atoms in total. The summed E-state index contributed by atoms with van der Waals surface area (Å²) in [5, 5.41) is 19.3. The highest BCUT2D eigenvalue weighted by Crippen LogP contribution is 2.29. The number of hydrogen-bond donors (Lipinski definition) is 2. The van der Waals surface area contributed by atoms with Gasteiger partial charge in [0.1, 0.15) is 35.6 Å². The second kappa shape index (κ2) is 12.2. The fourth-order valence-electron chi connectivity index (χ4n) is 4.99. The van der Waals surface area contributed by atoms with Gasteiger partial charge in [-0.25, -0.2) is 23.4 Å². The van der Waals surface area contributed by atoms with Crippen molar-refractivity contribution in [1.82, 2.24) is 24.6 Å². The number of nitrogens with zero attached hydrogens (tertiary/aromatic N) is 5.